The highest BCUT2D eigenvalue weighted by atomic mass is 16.7. The predicted octanol–water partition coefficient (Wildman–Crippen LogP) is 0.163. The van der Waals surface area contributed by atoms with Gasteiger partial charge >= 0.3 is 0 Å². The molecule has 1 fully saturated rings. The lowest BCUT2D eigenvalue weighted by Crippen LogP contribution is -2.66. The van der Waals surface area contributed by atoms with E-state index in [2.05, 4.69) is 6.92 Å². The van der Waals surface area contributed by atoms with Crippen LogP contribution in [0, 0.1) is 0 Å². The average molecular weight is 292 g/mol. The zero-order valence-electron chi connectivity index (χ0n) is 12.4. The van der Waals surface area contributed by atoms with E-state index in [1.54, 1.807) is 6.92 Å². The third-order valence-electron chi connectivity index (χ3n) is 3.94. The van der Waals surface area contributed by atoms with E-state index < -0.39 is 36.8 Å². The maximum Gasteiger partial charge on any atom is 0.189 e. The highest BCUT2D eigenvalue weighted by Crippen LogP contribution is 2.33. The van der Waals surface area contributed by atoms with Crippen LogP contribution in [-0.4, -0.2) is 63.8 Å². The van der Waals surface area contributed by atoms with E-state index in [0.29, 0.717) is 6.61 Å². The van der Waals surface area contributed by atoms with Crippen molar-refractivity contribution in [1.82, 2.24) is 0 Å². The number of aliphatic hydroxyl groups is 4. The maximum absolute atomic E-state index is 10.5. The van der Waals surface area contributed by atoms with Crippen LogP contribution in [0.25, 0.3) is 0 Å². The van der Waals surface area contributed by atoms with Crippen molar-refractivity contribution in [3.8, 4) is 0 Å². The number of unbranched alkanes of at least 4 members (excludes halogenated alkanes) is 3. The number of rotatable bonds is 8. The molecule has 1 unspecified atom stereocenters. The molecular formula is C14H28O6. The predicted molar refractivity (Wildman–Crippen MR) is 73.1 cm³/mol. The molecule has 0 aliphatic carbocycles. The third kappa shape index (κ3) is 3.90. The minimum atomic E-state index is -1.66. The fourth-order valence-electron chi connectivity index (χ4n) is 2.43. The fourth-order valence-corrected chi connectivity index (χ4v) is 2.43. The Balaban J connectivity index is 2.60. The second-order valence-electron chi connectivity index (χ2n) is 5.40. The molecule has 1 saturated heterocycles. The molecule has 1 rings (SSSR count). The van der Waals surface area contributed by atoms with Crippen molar-refractivity contribution in [2.75, 3.05) is 13.2 Å². The van der Waals surface area contributed by atoms with Crippen molar-refractivity contribution in [3.05, 3.63) is 0 Å². The Morgan fingerprint density at radius 1 is 1.15 bits per heavy atom. The Morgan fingerprint density at radius 2 is 1.85 bits per heavy atom. The fraction of sp³-hybridized carbons (Fsp3) is 1.00. The van der Waals surface area contributed by atoms with Gasteiger partial charge in [-0.3, -0.25) is 0 Å². The number of hydrogen-bond acceptors (Lipinski definition) is 6. The van der Waals surface area contributed by atoms with Crippen molar-refractivity contribution >= 4 is 0 Å². The zero-order chi connectivity index (χ0) is 15.2. The highest BCUT2D eigenvalue weighted by molar-refractivity contribution is 4.99. The highest BCUT2D eigenvalue weighted by Gasteiger charge is 2.54. The maximum atomic E-state index is 10.5. The lowest BCUT2D eigenvalue weighted by Gasteiger charge is -2.47. The average Bonchev–Trinajstić information content (AvgIpc) is 2.46. The van der Waals surface area contributed by atoms with Crippen molar-refractivity contribution < 1.29 is 29.9 Å². The molecule has 1 aliphatic heterocycles. The quantitative estimate of drug-likeness (QED) is 0.476. The Morgan fingerprint density at radius 3 is 2.40 bits per heavy atom. The van der Waals surface area contributed by atoms with Crippen molar-refractivity contribution in [2.24, 2.45) is 0 Å². The first kappa shape index (κ1) is 17.8. The van der Waals surface area contributed by atoms with Crippen LogP contribution in [0.3, 0.4) is 0 Å². The minimum absolute atomic E-state index is 0.184. The van der Waals surface area contributed by atoms with Gasteiger partial charge in [-0.15, -0.1) is 0 Å². The lowest BCUT2D eigenvalue weighted by molar-refractivity contribution is -0.342. The van der Waals surface area contributed by atoms with Gasteiger partial charge in [-0.2, -0.15) is 0 Å². The summed E-state index contributed by atoms with van der Waals surface area (Å²) in [5.74, 6) is 0. The van der Waals surface area contributed by atoms with E-state index in [9.17, 15) is 15.3 Å². The number of hydrogen-bond donors (Lipinski definition) is 4. The van der Waals surface area contributed by atoms with Gasteiger partial charge in [-0.05, 0) is 12.8 Å². The van der Waals surface area contributed by atoms with Gasteiger partial charge in [0.05, 0.1) is 6.61 Å². The first-order valence-electron chi connectivity index (χ1n) is 7.47. The smallest absolute Gasteiger partial charge is 0.189 e. The summed E-state index contributed by atoms with van der Waals surface area (Å²) in [6, 6.07) is 0. The monoisotopic (exact) mass is 292 g/mol. The summed E-state index contributed by atoms with van der Waals surface area (Å²) in [7, 11) is 0. The first-order valence-corrected chi connectivity index (χ1v) is 7.47. The summed E-state index contributed by atoms with van der Waals surface area (Å²) >= 11 is 0. The normalized spacial score (nSPS) is 38.1. The lowest BCUT2D eigenvalue weighted by atomic mass is 9.84. The molecule has 0 amide bonds. The Bertz CT molecular complexity index is 274. The second-order valence-corrected chi connectivity index (χ2v) is 5.40. The molecule has 6 heteroatoms. The van der Waals surface area contributed by atoms with Crippen molar-refractivity contribution in [1.29, 1.82) is 0 Å². The molecule has 20 heavy (non-hydrogen) atoms. The Kier molecular flexibility index (Phi) is 7.36. The van der Waals surface area contributed by atoms with E-state index in [1.165, 1.54) is 0 Å². The molecule has 0 saturated carbocycles. The third-order valence-corrected chi connectivity index (χ3v) is 3.94. The summed E-state index contributed by atoms with van der Waals surface area (Å²) in [6.07, 6.45) is -0.420. The van der Waals surface area contributed by atoms with Gasteiger partial charge in [0.15, 0.2) is 6.29 Å². The molecule has 5 atom stereocenters. The second kappa shape index (κ2) is 8.26. The molecule has 4 N–H and O–H groups in total. The van der Waals surface area contributed by atoms with E-state index >= 15 is 0 Å². The summed E-state index contributed by atoms with van der Waals surface area (Å²) in [5.41, 5.74) is -1.66. The van der Waals surface area contributed by atoms with Gasteiger partial charge < -0.3 is 29.9 Å². The molecule has 0 radical (unpaired) electrons. The van der Waals surface area contributed by atoms with Crippen LogP contribution in [0.5, 0.6) is 0 Å². The van der Waals surface area contributed by atoms with E-state index in [0.717, 1.165) is 25.7 Å². The Hall–Kier alpha value is -0.240. The molecule has 0 bridgehead atoms. The zero-order valence-corrected chi connectivity index (χ0v) is 12.4. The summed E-state index contributed by atoms with van der Waals surface area (Å²) in [5, 5.41) is 39.5. The molecule has 1 aliphatic rings. The van der Waals surface area contributed by atoms with E-state index in [-0.39, 0.29) is 6.42 Å². The number of ether oxygens (including phenoxy) is 2. The van der Waals surface area contributed by atoms with Crippen LogP contribution < -0.4 is 0 Å². The van der Waals surface area contributed by atoms with Gasteiger partial charge in [0.25, 0.3) is 0 Å². The number of aliphatic hydroxyl groups excluding tert-OH is 3. The van der Waals surface area contributed by atoms with Gasteiger partial charge in [0.1, 0.15) is 23.9 Å². The summed E-state index contributed by atoms with van der Waals surface area (Å²) in [4.78, 5) is 0. The molecule has 0 aromatic heterocycles. The first-order chi connectivity index (χ1) is 9.51. The molecular weight excluding hydrogens is 264 g/mol. The molecule has 1 heterocycles. The van der Waals surface area contributed by atoms with Gasteiger partial charge in [0.2, 0.25) is 0 Å². The van der Waals surface area contributed by atoms with Gasteiger partial charge in [0, 0.05) is 6.61 Å². The molecule has 0 aromatic carbocycles. The van der Waals surface area contributed by atoms with Crippen LogP contribution in [0.4, 0.5) is 0 Å². The topological polar surface area (TPSA) is 99.4 Å². The van der Waals surface area contributed by atoms with Gasteiger partial charge in [-0.1, -0.05) is 33.1 Å². The summed E-state index contributed by atoms with van der Waals surface area (Å²) < 4.78 is 10.9. The van der Waals surface area contributed by atoms with E-state index in [1.807, 2.05) is 0 Å². The van der Waals surface area contributed by atoms with Crippen LogP contribution >= 0.6 is 0 Å². The molecule has 6 nitrogen and oxygen atoms in total. The molecule has 0 spiro atoms. The van der Waals surface area contributed by atoms with Crippen LogP contribution in [0.2, 0.25) is 0 Å². The van der Waals surface area contributed by atoms with Crippen molar-refractivity contribution in [3.63, 3.8) is 0 Å². The van der Waals surface area contributed by atoms with Crippen molar-refractivity contribution in [2.45, 2.75) is 76.2 Å². The summed E-state index contributed by atoms with van der Waals surface area (Å²) in [6.45, 7) is 3.78. The van der Waals surface area contributed by atoms with Gasteiger partial charge in [-0.25, -0.2) is 0 Å². The largest absolute Gasteiger partial charge is 0.394 e. The van der Waals surface area contributed by atoms with E-state index in [4.69, 9.17) is 14.6 Å². The minimum Gasteiger partial charge on any atom is -0.394 e. The Labute approximate surface area is 120 Å². The van der Waals surface area contributed by atoms with Crippen LogP contribution in [0.1, 0.15) is 46.0 Å². The molecule has 120 valence electrons. The van der Waals surface area contributed by atoms with Crippen LogP contribution in [0.15, 0.2) is 0 Å². The SMILES string of the molecule is CCCCCCOC1O[C@H](CO)[C@@H](O)[C@H](O)[C@]1(O)CC. The van der Waals surface area contributed by atoms with Crippen LogP contribution in [-0.2, 0) is 9.47 Å². The standard InChI is InChI=1S/C14H28O6/c1-3-5-6-7-8-19-13-14(18,4-2)12(17)11(16)10(9-15)20-13/h10-13,15-18H,3-9H2,1-2H3/t10-,11-,12+,13?,14-/m1/s1. The molecule has 0 aromatic rings.